The molecule has 6 heteroatoms. The van der Waals surface area contributed by atoms with Gasteiger partial charge >= 0.3 is 0 Å². The van der Waals surface area contributed by atoms with Crippen LogP contribution in [0.2, 0.25) is 0 Å². The zero-order chi connectivity index (χ0) is 13.2. The SMILES string of the molecule is CCC1(NS(=O)(=O)c2ccc(NN)cc2)CCC1. The number of hydrogen-bond donors (Lipinski definition) is 3. The van der Waals surface area contributed by atoms with E-state index in [1.54, 1.807) is 24.3 Å². The van der Waals surface area contributed by atoms with Gasteiger partial charge in [0.25, 0.3) is 0 Å². The summed E-state index contributed by atoms with van der Waals surface area (Å²) in [4.78, 5) is 0.279. The lowest BCUT2D eigenvalue weighted by molar-refractivity contribution is 0.214. The van der Waals surface area contributed by atoms with E-state index in [4.69, 9.17) is 5.84 Å². The fourth-order valence-corrected chi connectivity index (χ4v) is 3.74. The Labute approximate surface area is 108 Å². The van der Waals surface area contributed by atoms with Crippen LogP contribution in [0.5, 0.6) is 0 Å². The number of anilines is 1. The van der Waals surface area contributed by atoms with Crippen LogP contribution in [0, 0.1) is 0 Å². The van der Waals surface area contributed by atoms with Gasteiger partial charge in [-0.3, -0.25) is 5.84 Å². The van der Waals surface area contributed by atoms with Crippen molar-refractivity contribution in [2.24, 2.45) is 5.84 Å². The van der Waals surface area contributed by atoms with Crippen LogP contribution in [0.15, 0.2) is 29.2 Å². The average Bonchev–Trinajstić information content (AvgIpc) is 2.34. The van der Waals surface area contributed by atoms with Gasteiger partial charge in [-0.15, -0.1) is 0 Å². The van der Waals surface area contributed by atoms with Crippen LogP contribution >= 0.6 is 0 Å². The third-order valence-corrected chi connectivity index (χ3v) is 5.26. The topological polar surface area (TPSA) is 84.2 Å². The Bertz CT molecular complexity index is 501. The molecule has 100 valence electrons. The van der Waals surface area contributed by atoms with Crippen molar-refractivity contribution in [2.45, 2.75) is 43.0 Å². The molecule has 0 amide bonds. The number of rotatable bonds is 5. The third-order valence-electron chi connectivity index (χ3n) is 3.67. The molecule has 18 heavy (non-hydrogen) atoms. The first-order valence-corrected chi connectivity index (χ1v) is 7.60. The van der Waals surface area contributed by atoms with Gasteiger partial charge in [0.15, 0.2) is 0 Å². The van der Waals surface area contributed by atoms with Gasteiger partial charge in [-0.05, 0) is 49.9 Å². The minimum Gasteiger partial charge on any atom is -0.324 e. The first-order valence-electron chi connectivity index (χ1n) is 6.12. The fourth-order valence-electron chi connectivity index (χ4n) is 2.21. The monoisotopic (exact) mass is 269 g/mol. The van der Waals surface area contributed by atoms with Gasteiger partial charge in [0, 0.05) is 11.2 Å². The summed E-state index contributed by atoms with van der Waals surface area (Å²) >= 11 is 0. The number of nitrogens with one attached hydrogen (secondary N) is 2. The molecule has 0 radical (unpaired) electrons. The predicted molar refractivity (Wildman–Crippen MR) is 71.4 cm³/mol. The largest absolute Gasteiger partial charge is 0.324 e. The maximum Gasteiger partial charge on any atom is 0.241 e. The second-order valence-corrected chi connectivity index (χ2v) is 6.44. The lowest BCUT2D eigenvalue weighted by Gasteiger charge is -2.41. The molecular weight excluding hydrogens is 250 g/mol. The normalized spacial score (nSPS) is 18.1. The van der Waals surface area contributed by atoms with Gasteiger partial charge in [-0.25, -0.2) is 13.1 Å². The summed E-state index contributed by atoms with van der Waals surface area (Å²) in [6.07, 6.45) is 3.76. The van der Waals surface area contributed by atoms with Crippen LogP contribution in [0.4, 0.5) is 5.69 Å². The molecule has 5 nitrogen and oxygen atoms in total. The highest BCUT2D eigenvalue weighted by Crippen LogP contribution is 2.36. The Morgan fingerprint density at radius 2 is 1.89 bits per heavy atom. The second kappa shape index (κ2) is 4.87. The molecule has 0 heterocycles. The van der Waals surface area contributed by atoms with Crippen LogP contribution in [0.25, 0.3) is 0 Å². The van der Waals surface area contributed by atoms with Crippen molar-refractivity contribution in [1.82, 2.24) is 4.72 Å². The minimum absolute atomic E-state index is 0.233. The molecule has 1 fully saturated rings. The zero-order valence-corrected chi connectivity index (χ0v) is 11.3. The predicted octanol–water partition coefficient (Wildman–Crippen LogP) is 1.58. The van der Waals surface area contributed by atoms with Gasteiger partial charge in [0.2, 0.25) is 10.0 Å². The molecular formula is C12H19N3O2S. The van der Waals surface area contributed by atoms with Crippen LogP contribution in [0.3, 0.4) is 0 Å². The molecule has 0 unspecified atom stereocenters. The molecule has 1 aromatic carbocycles. The fraction of sp³-hybridized carbons (Fsp3) is 0.500. The number of sulfonamides is 1. The van der Waals surface area contributed by atoms with E-state index in [9.17, 15) is 8.42 Å². The summed E-state index contributed by atoms with van der Waals surface area (Å²) < 4.78 is 27.3. The van der Waals surface area contributed by atoms with E-state index in [1.165, 1.54) is 0 Å². The molecule has 1 aliphatic carbocycles. The van der Waals surface area contributed by atoms with E-state index in [0.29, 0.717) is 5.69 Å². The molecule has 0 spiro atoms. The van der Waals surface area contributed by atoms with Crippen molar-refractivity contribution < 1.29 is 8.42 Å². The van der Waals surface area contributed by atoms with Crippen LogP contribution < -0.4 is 16.0 Å². The molecule has 2 rings (SSSR count). The van der Waals surface area contributed by atoms with E-state index in [2.05, 4.69) is 10.1 Å². The average molecular weight is 269 g/mol. The van der Waals surface area contributed by atoms with E-state index < -0.39 is 10.0 Å². The standard InChI is InChI=1S/C12H19N3O2S/c1-2-12(8-3-9-12)15-18(16,17)11-6-4-10(14-13)5-7-11/h4-7,14-15H,2-3,8-9,13H2,1H3. The summed E-state index contributed by atoms with van der Waals surface area (Å²) in [6.45, 7) is 2.02. The third kappa shape index (κ3) is 2.50. The number of hydrazine groups is 1. The highest BCUT2D eigenvalue weighted by molar-refractivity contribution is 7.89. The molecule has 0 aliphatic heterocycles. The number of nitrogen functional groups attached to an aromatic ring is 1. The summed E-state index contributed by atoms with van der Waals surface area (Å²) in [5, 5.41) is 0. The quantitative estimate of drug-likeness (QED) is 0.560. The molecule has 0 bridgehead atoms. The smallest absolute Gasteiger partial charge is 0.241 e. The summed E-state index contributed by atoms with van der Waals surface area (Å²) in [5.41, 5.74) is 2.92. The Morgan fingerprint density at radius 1 is 1.28 bits per heavy atom. The second-order valence-electron chi connectivity index (χ2n) is 4.76. The van der Waals surface area contributed by atoms with Gasteiger partial charge in [-0.2, -0.15) is 0 Å². The van der Waals surface area contributed by atoms with Gasteiger partial charge < -0.3 is 5.43 Å². The van der Waals surface area contributed by atoms with Gasteiger partial charge in [0.05, 0.1) is 4.90 Å². The Balaban J connectivity index is 2.19. The van der Waals surface area contributed by atoms with Crippen LogP contribution in [-0.4, -0.2) is 14.0 Å². The Morgan fingerprint density at radius 3 is 2.28 bits per heavy atom. The van der Waals surface area contributed by atoms with Crippen molar-refractivity contribution >= 4 is 15.7 Å². The lowest BCUT2D eigenvalue weighted by Crippen LogP contribution is -2.52. The minimum atomic E-state index is -3.43. The number of benzene rings is 1. The maximum atomic E-state index is 12.2. The highest BCUT2D eigenvalue weighted by atomic mass is 32.2. The summed E-state index contributed by atoms with van der Waals surface area (Å²) in [7, 11) is -3.43. The van der Waals surface area contributed by atoms with Gasteiger partial charge in [0.1, 0.15) is 0 Å². The van der Waals surface area contributed by atoms with Crippen molar-refractivity contribution in [2.75, 3.05) is 5.43 Å². The summed E-state index contributed by atoms with van der Waals surface area (Å²) in [6, 6.07) is 6.40. The zero-order valence-electron chi connectivity index (χ0n) is 10.4. The molecule has 1 saturated carbocycles. The first kappa shape index (κ1) is 13.3. The molecule has 0 atom stereocenters. The van der Waals surface area contributed by atoms with Crippen molar-refractivity contribution in [3.63, 3.8) is 0 Å². The van der Waals surface area contributed by atoms with E-state index in [0.717, 1.165) is 25.7 Å². The van der Waals surface area contributed by atoms with Crippen LogP contribution in [0.1, 0.15) is 32.6 Å². The Kier molecular flexibility index (Phi) is 3.61. The van der Waals surface area contributed by atoms with Crippen molar-refractivity contribution in [3.05, 3.63) is 24.3 Å². The Hall–Kier alpha value is -1.11. The lowest BCUT2D eigenvalue weighted by atomic mass is 9.76. The van der Waals surface area contributed by atoms with Crippen molar-refractivity contribution in [3.8, 4) is 0 Å². The van der Waals surface area contributed by atoms with Crippen LogP contribution in [-0.2, 0) is 10.0 Å². The highest BCUT2D eigenvalue weighted by Gasteiger charge is 2.38. The molecule has 0 saturated heterocycles. The number of nitrogens with two attached hydrogens (primary N) is 1. The van der Waals surface area contributed by atoms with E-state index in [-0.39, 0.29) is 10.4 Å². The van der Waals surface area contributed by atoms with Gasteiger partial charge in [-0.1, -0.05) is 6.92 Å². The molecule has 1 aliphatic rings. The van der Waals surface area contributed by atoms with E-state index in [1.807, 2.05) is 6.92 Å². The molecule has 1 aromatic rings. The van der Waals surface area contributed by atoms with Crippen molar-refractivity contribution in [1.29, 1.82) is 0 Å². The summed E-state index contributed by atoms with van der Waals surface area (Å²) in [5.74, 6) is 5.25. The molecule has 0 aromatic heterocycles. The molecule has 4 N–H and O–H groups in total. The first-order chi connectivity index (χ1) is 8.51. The maximum absolute atomic E-state index is 12.2. The van der Waals surface area contributed by atoms with E-state index >= 15 is 0 Å². The number of hydrogen-bond acceptors (Lipinski definition) is 4.